The van der Waals surface area contributed by atoms with Gasteiger partial charge in [0.2, 0.25) is 10.0 Å². The van der Waals surface area contributed by atoms with Gasteiger partial charge in [-0.25, -0.2) is 13.1 Å². The number of sulfonamides is 1. The summed E-state index contributed by atoms with van der Waals surface area (Å²) in [6.07, 6.45) is 2.83. The molecule has 0 aromatic carbocycles. The molecule has 0 aromatic rings. The Morgan fingerprint density at radius 3 is 2.58 bits per heavy atom. The number of hydrogen-bond acceptors (Lipinski definition) is 2. The summed E-state index contributed by atoms with van der Waals surface area (Å²) in [5.41, 5.74) is 0. The van der Waals surface area contributed by atoms with Crippen molar-refractivity contribution < 1.29 is 8.42 Å². The van der Waals surface area contributed by atoms with Crippen LogP contribution >= 0.6 is 11.6 Å². The fraction of sp³-hybridized carbons (Fsp3) is 1.00. The third-order valence-corrected chi connectivity index (χ3v) is 3.61. The van der Waals surface area contributed by atoms with Gasteiger partial charge < -0.3 is 0 Å². The van der Waals surface area contributed by atoms with Crippen LogP contribution in [-0.2, 0) is 10.0 Å². The average Bonchev–Trinajstić information content (AvgIpc) is 2.71. The number of alkyl halides is 1. The van der Waals surface area contributed by atoms with Crippen LogP contribution < -0.4 is 4.72 Å². The number of nitrogens with one attached hydrogen (secondary N) is 1. The van der Waals surface area contributed by atoms with Crippen molar-refractivity contribution in [1.82, 2.24) is 4.72 Å². The Kier molecular flexibility index (Phi) is 3.80. The minimum Gasteiger partial charge on any atom is -0.215 e. The molecule has 3 nitrogen and oxygen atoms in total. The van der Waals surface area contributed by atoms with Gasteiger partial charge in [-0.05, 0) is 25.2 Å². The van der Waals surface area contributed by atoms with Gasteiger partial charge in [-0.15, -0.1) is 11.6 Å². The predicted octanol–water partition coefficient (Wildman–Crippen LogP) is 0.945. The van der Waals surface area contributed by atoms with Gasteiger partial charge in [-0.3, -0.25) is 0 Å². The SMILES string of the molecule is O=S(=O)(CC1CC1)NCCCCl. The van der Waals surface area contributed by atoms with E-state index in [1.54, 1.807) is 0 Å². The summed E-state index contributed by atoms with van der Waals surface area (Å²) in [4.78, 5) is 0. The topological polar surface area (TPSA) is 46.2 Å². The normalized spacial score (nSPS) is 18.1. The van der Waals surface area contributed by atoms with Crippen molar-refractivity contribution in [3.8, 4) is 0 Å². The van der Waals surface area contributed by atoms with Crippen LogP contribution in [0.4, 0.5) is 0 Å². The Balaban J connectivity index is 2.17. The Hall–Kier alpha value is 0.200. The van der Waals surface area contributed by atoms with E-state index in [2.05, 4.69) is 4.72 Å². The Morgan fingerprint density at radius 1 is 1.42 bits per heavy atom. The monoisotopic (exact) mass is 211 g/mol. The maximum Gasteiger partial charge on any atom is 0.211 e. The highest BCUT2D eigenvalue weighted by molar-refractivity contribution is 7.89. The Morgan fingerprint density at radius 2 is 2.08 bits per heavy atom. The van der Waals surface area contributed by atoms with Crippen LogP contribution in [0.3, 0.4) is 0 Å². The molecule has 0 spiro atoms. The lowest BCUT2D eigenvalue weighted by Crippen LogP contribution is -2.28. The minimum absolute atomic E-state index is 0.301. The van der Waals surface area contributed by atoms with Crippen molar-refractivity contribution in [2.75, 3.05) is 18.2 Å². The summed E-state index contributed by atoms with van der Waals surface area (Å²) in [5, 5.41) is 0. The summed E-state index contributed by atoms with van der Waals surface area (Å²) in [7, 11) is -3.00. The molecule has 0 aliphatic heterocycles. The first-order valence-electron chi connectivity index (χ1n) is 4.17. The van der Waals surface area contributed by atoms with Crippen LogP contribution in [0.1, 0.15) is 19.3 Å². The summed E-state index contributed by atoms with van der Waals surface area (Å²) >= 11 is 5.41. The Labute approximate surface area is 78.5 Å². The zero-order valence-corrected chi connectivity index (χ0v) is 8.50. The lowest BCUT2D eigenvalue weighted by atomic mass is 10.5. The van der Waals surface area contributed by atoms with Crippen LogP contribution in [0.5, 0.6) is 0 Å². The van der Waals surface area contributed by atoms with E-state index in [9.17, 15) is 8.42 Å². The number of rotatable bonds is 6. The minimum atomic E-state index is -3.00. The maximum absolute atomic E-state index is 11.2. The van der Waals surface area contributed by atoms with Gasteiger partial charge in [-0.1, -0.05) is 0 Å². The van der Waals surface area contributed by atoms with Crippen molar-refractivity contribution in [2.45, 2.75) is 19.3 Å². The van der Waals surface area contributed by atoms with Crippen LogP contribution in [0.25, 0.3) is 0 Å². The summed E-state index contributed by atoms with van der Waals surface area (Å²) in [6.45, 7) is 0.471. The largest absolute Gasteiger partial charge is 0.215 e. The molecule has 0 bridgehead atoms. The molecule has 1 N–H and O–H groups in total. The fourth-order valence-corrected chi connectivity index (χ4v) is 2.61. The molecule has 0 radical (unpaired) electrons. The Bertz CT molecular complexity index is 224. The molecular formula is C7H14ClNO2S. The van der Waals surface area contributed by atoms with E-state index >= 15 is 0 Å². The average molecular weight is 212 g/mol. The highest BCUT2D eigenvalue weighted by atomic mass is 35.5. The summed E-state index contributed by atoms with van der Waals surface area (Å²) in [6, 6.07) is 0. The van der Waals surface area contributed by atoms with Gasteiger partial charge in [0.25, 0.3) is 0 Å². The van der Waals surface area contributed by atoms with E-state index in [0.29, 0.717) is 30.5 Å². The maximum atomic E-state index is 11.2. The smallest absolute Gasteiger partial charge is 0.211 e. The number of halogens is 1. The molecule has 0 unspecified atom stereocenters. The summed E-state index contributed by atoms with van der Waals surface area (Å²) < 4.78 is 24.9. The third-order valence-electron chi connectivity index (χ3n) is 1.78. The zero-order valence-electron chi connectivity index (χ0n) is 6.92. The second-order valence-electron chi connectivity index (χ2n) is 3.16. The van der Waals surface area contributed by atoms with Gasteiger partial charge >= 0.3 is 0 Å². The molecule has 1 aliphatic rings. The van der Waals surface area contributed by atoms with Crippen LogP contribution in [0, 0.1) is 5.92 Å². The molecule has 0 atom stereocenters. The van der Waals surface area contributed by atoms with Crippen molar-refractivity contribution in [2.24, 2.45) is 5.92 Å². The van der Waals surface area contributed by atoms with E-state index in [-0.39, 0.29) is 0 Å². The molecule has 1 rings (SSSR count). The van der Waals surface area contributed by atoms with E-state index in [4.69, 9.17) is 11.6 Å². The van der Waals surface area contributed by atoms with Crippen LogP contribution in [0.2, 0.25) is 0 Å². The van der Waals surface area contributed by atoms with Crippen LogP contribution in [-0.4, -0.2) is 26.6 Å². The predicted molar refractivity (Wildman–Crippen MR) is 49.9 cm³/mol. The molecule has 5 heteroatoms. The standard InChI is InChI=1S/C7H14ClNO2S/c8-4-1-5-9-12(10,11)6-7-2-3-7/h7,9H,1-6H2. The molecule has 1 aliphatic carbocycles. The van der Waals surface area contributed by atoms with E-state index in [0.717, 1.165) is 12.8 Å². The van der Waals surface area contributed by atoms with Gasteiger partial charge in [0, 0.05) is 12.4 Å². The van der Waals surface area contributed by atoms with Gasteiger partial charge in [0.15, 0.2) is 0 Å². The van der Waals surface area contributed by atoms with E-state index < -0.39 is 10.0 Å². The molecule has 12 heavy (non-hydrogen) atoms. The second-order valence-corrected chi connectivity index (χ2v) is 5.39. The molecule has 72 valence electrons. The lowest BCUT2D eigenvalue weighted by Gasteiger charge is -2.03. The molecule has 0 saturated heterocycles. The van der Waals surface area contributed by atoms with Gasteiger partial charge in [-0.2, -0.15) is 0 Å². The van der Waals surface area contributed by atoms with Gasteiger partial charge in [0.1, 0.15) is 0 Å². The first kappa shape index (κ1) is 10.3. The molecule has 1 fully saturated rings. The second kappa shape index (κ2) is 4.44. The highest BCUT2D eigenvalue weighted by Gasteiger charge is 2.27. The van der Waals surface area contributed by atoms with E-state index in [1.165, 1.54) is 0 Å². The van der Waals surface area contributed by atoms with Crippen LogP contribution in [0.15, 0.2) is 0 Å². The molecule has 1 saturated carbocycles. The molecule has 0 heterocycles. The fourth-order valence-electron chi connectivity index (χ4n) is 0.948. The van der Waals surface area contributed by atoms with E-state index in [1.807, 2.05) is 0 Å². The van der Waals surface area contributed by atoms with Crippen molar-refractivity contribution >= 4 is 21.6 Å². The quantitative estimate of drug-likeness (QED) is 0.525. The highest BCUT2D eigenvalue weighted by Crippen LogP contribution is 2.29. The first-order chi connectivity index (χ1) is 5.64. The number of hydrogen-bond donors (Lipinski definition) is 1. The van der Waals surface area contributed by atoms with Gasteiger partial charge in [0.05, 0.1) is 5.75 Å². The molecule has 0 amide bonds. The van der Waals surface area contributed by atoms with Crippen molar-refractivity contribution in [3.63, 3.8) is 0 Å². The lowest BCUT2D eigenvalue weighted by molar-refractivity contribution is 0.577. The first-order valence-corrected chi connectivity index (χ1v) is 6.36. The molecular weight excluding hydrogens is 198 g/mol. The van der Waals surface area contributed by atoms with Crippen molar-refractivity contribution in [1.29, 1.82) is 0 Å². The third kappa shape index (κ3) is 4.28. The van der Waals surface area contributed by atoms with Crippen molar-refractivity contribution in [3.05, 3.63) is 0 Å². The molecule has 0 aromatic heterocycles. The zero-order chi connectivity index (χ0) is 9.03. The summed E-state index contributed by atoms with van der Waals surface area (Å²) in [5.74, 6) is 1.22.